The monoisotopic (exact) mass is 275 g/mol. The maximum Gasteiger partial charge on any atom is 0.354 e. The molecule has 0 aliphatic carbocycles. The van der Waals surface area contributed by atoms with Crippen molar-refractivity contribution in [2.75, 3.05) is 17.3 Å². The van der Waals surface area contributed by atoms with Gasteiger partial charge in [0, 0.05) is 18.9 Å². The molecule has 4 N–H and O–H groups in total. The molecule has 0 unspecified atom stereocenters. The number of rotatable bonds is 6. The number of hydrogen-bond acceptors (Lipinski definition) is 8. The van der Waals surface area contributed by atoms with E-state index in [0.717, 1.165) is 5.56 Å². The number of nitrogens with two attached hydrogens (primary N) is 1. The summed E-state index contributed by atoms with van der Waals surface area (Å²) in [6.45, 7) is 0.480. The summed E-state index contributed by atoms with van der Waals surface area (Å²) in [5, 5.41) is 13.9. The Labute approximate surface area is 114 Å². The number of pyridine rings is 1. The Morgan fingerprint density at radius 2 is 2.15 bits per heavy atom. The van der Waals surface area contributed by atoms with Crippen LogP contribution in [0, 0.1) is 10.1 Å². The number of aromatic nitrogens is 3. The summed E-state index contributed by atoms with van der Waals surface area (Å²) >= 11 is 0. The van der Waals surface area contributed by atoms with Gasteiger partial charge in [-0.3, -0.25) is 15.1 Å². The Morgan fingerprint density at radius 1 is 1.35 bits per heavy atom. The smallest absolute Gasteiger partial charge is 0.354 e. The van der Waals surface area contributed by atoms with Crippen LogP contribution < -0.4 is 16.6 Å². The average Bonchev–Trinajstić information content (AvgIpc) is 2.47. The molecule has 9 heteroatoms. The number of nitro groups is 1. The van der Waals surface area contributed by atoms with Gasteiger partial charge in [-0.2, -0.15) is 0 Å². The highest BCUT2D eigenvalue weighted by molar-refractivity contribution is 5.68. The van der Waals surface area contributed by atoms with Crippen molar-refractivity contribution < 1.29 is 4.92 Å². The first-order chi connectivity index (χ1) is 9.72. The van der Waals surface area contributed by atoms with Crippen molar-refractivity contribution >= 4 is 17.3 Å². The molecule has 0 aliphatic heterocycles. The fraction of sp³-hybridized carbons (Fsp3) is 0.182. The van der Waals surface area contributed by atoms with Crippen LogP contribution in [0.5, 0.6) is 0 Å². The molecule has 0 radical (unpaired) electrons. The van der Waals surface area contributed by atoms with Crippen LogP contribution in [0.15, 0.2) is 30.9 Å². The van der Waals surface area contributed by atoms with Crippen LogP contribution >= 0.6 is 0 Å². The maximum absolute atomic E-state index is 11.0. The van der Waals surface area contributed by atoms with Crippen LogP contribution in [0.4, 0.5) is 17.3 Å². The third-order valence-corrected chi connectivity index (χ3v) is 2.57. The Bertz CT molecular complexity index is 591. The molecule has 0 spiro atoms. The standard InChI is InChI=1S/C11H13N7O2/c12-17-11-9(18(19)20)10(15-7-16-11)14-5-3-8-2-1-4-13-6-8/h1-2,4,6-7H,3,5,12H2,(H2,14,15,16,17). The van der Waals surface area contributed by atoms with Crippen molar-refractivity contribution in [1.29, 1.82) is 0 Å². The Balaban J connectivity index is 2.08. The van der Waals surface area contributed by atoms with Crippen LogP contribution in [0.1, 0.15) is 5.56 Å². The topological polar surface area (TPSA) is 132 Å². The molecule has 0 saturated carbocycles. The van der Waals surface area contributed by atoms with Crippen molar-refractivity contribution in [1.82, 2.24) is 15.0 Å². The van der Waals surface area contributed by atoms with E-state index in [2.05, 4.69) is 25.7 Å². The van der Waals surface area contributed by atoms with Gasteiger partial charge in [-0.25, -0.2) is 15.8 Å². The number of hydrazine groups is 1. The highest BCUT2D eigenvalue weighted by Crippen LogP contribution is 2.27. The molecule has 2 heterocycles. The largest absolute Gasteiger partial charge is 0.364 e. The highest BCUT2D eigenvalue weighted by atomic mass is 16.6. The van der Waals surface area contributed by atoms with Crippen molar-refractivity contribution in [3.63, 3.8) is 0 Å². The zero-order chi connectivity index (χ0) is 14.4. The first kappa shape index (κ1) is 13.6. The summed E-state index contributed by atoms with van der Waals surface area (Å²) in [5.74, 6) is 5.29. The summed E-state index contributed by atoms with van der Waals surface area (Å²) in [6.07, 6.45) is 5.29. The second-order valence-electron chi connectivity index (χ2n) is 3.86. The fourth-order valence-corrected chi connectivity index (χ4v) is 1.66. The number of hydrogen-bond donors (Lipinski definition) is 3. The number of nitrogens with one attached hydrogen (secondary N) is 2. The fourth-order valence-electron chi connectivity index (χ4n) is 1.66. The van der Waals surface area contributed by atoms with Gasteiger partial charge >= 0.3 is 5.69 Å². The van der Waals surface area contributed by atoms with Crippen LogP contribution in [0.3, 0.4) is 0 Å². The normalized spacial score (nSPS) is 10.1. The van der Waals surface area contributed by atoms with Gasteiger partial charge in [0.05, 0.1) is 4.92 Å². The van der Waals surface area contributed by atoms with Gasteiger partial charge in [-0.05, 0) is 18.1 Å². The minimum atomic E-state index is -0.582. The molecule has 0 saturated heterocycles. The van der Waals surface area contributed by atoms with Gasteiger partial charge in [-0.1, -0.05) is 6.07 Å². The first-order valence-corrected chi connectivity index (χ1v) is 5.81. The molecule has 2 aromatic rings. The van der Waals surface area contributed by atoms with Crippen molar-refractivity contribution in [2.45, 2.75) is 6.42 Å². The van der Waals surface area contributed by atoms with E-state index in [4.69, 9.17) is 5.84 Å². The molecule has 0 bridgehead atoms. The summed E-state index contributed by atoms with van der Waals surface area (Å²) in [6, 6.07) is 3.76. The predicted octanol–water partition coefficient (Wildman–Crippen LogP) is 0.720. The van der Waals surface area contributed by atoms with Crippen LogP contribution in [0.2, 0.25) is 0 Å². The zero-order valence-electron chi connectivity index (χ0n) is 10.5. The zero-order valence-corrected chi connectivity index (χ0v) is 10.5. The highest BCUT2D eigenvalue weighted by Gasteiger charge is 2.21. The van der Waals surface area contributed by atoms with E-state index < -0.39 is 4.92 Å². The number of nitrogens with zero attached hydrogens (tertiary/aromatic N) is 4. The molecule has 2 rings (SSSR count). The Hall–Kier alpha value is -2.81. The summed E-state index contributed by atoms with van der Waals surface area (Å²) < 4.78 is 0. The predicted molar refractivity (Wildman–Crippen MR) is 72.9 cm³/mol. The summed E-state index contributed by atoms with van der Waals surface area (Å²) in [4.78, 5) is 22.0. The number of anilines is 2. The third kappa shape index (κ3) is 3.14. The lowest BCUT2D eigenvalue weighted by Crippen LogP contribution is -2.14. The molecule has 9 nitrogen and oxygen atoms in total. The lowest BCUT2D eigenvalue weighted by molar-refractivity contribution is -0.383. The minimum Gasteiger partial charge on any atom is -0.364 e. The van der Waals surface area contributed by atoms with E-state index in [1.807, 2.05) is 12.1 Å². The van der Waals surface area contributed by atoms with Crippen LogP contribution in [0.25, 0.3) is 0 Å². The Morgan fingerprint density at radius 3 is 2.80 bits per heavy atom. The van der Waals surface area contributed by atoms with Gasteiger partial charge in [0.25, 0.3) is 0 Å². The van der Waals surface area contributed by atoms with Gasteiger partial charge in [0.2, 0.25) is 11.6 Å². The minimum absolute atomic E-state index is 0.0334. The summed E-state index contributed by atoms with van der Waals surface area (Å²) in [7, 11) is 0. The lowest BCUT2D eigenvalue weighted by atomic mass is 10.2. The van der Waals surface area contributed by atoms with E-state index in [1.54, 1.807) is 12.4 Å². The second-order valence-corrected chi connectivity index (χ2v) is 3.86. The van der Waals surface area contributed by atoms with E-state index in [1.165, 1.54) is 6.33 Å². The van der Waals surface area contributed by atoms with E-state index in [-0.39, 0.29) is 17.3 Å². The van der Waals surface area contributed by atoms with Gasteiger partial charge in [0.1, 0.15) is 6.33 Å². The van der Waals surface area contributed by atoms with E-state index in [0.29, 0.717) is 13.0 Å². The van der Waals surface area contributed by atoms with Crippen LogP contribution in [-0.2, 0) is 6.42 Å². The molecule has 0 amide bonds. The number of nitrogen functional groups attached to an aromatic ring is 1. The SMILES string of the molecule is NNc1ncnc(NCCc2cccnc2)c1[N+](=O)[O-]. The van der Waals surface area contributed by atoms with Crippen LogP contribution in [-0.4, -0.2) is 26.4 Å². The van der Waals surface area contributed by atoms with Gasteiger partial charge in [-0.15, -0.1) is 0 Å². The first-order valence-electron chi connectivity index (χ1n) is 5.81. The molecule has 104 valence electrons. The van der Waals surface area contributed by atoms with Crippen molar-refractivity contribution in [3.05, 3.63) is 46.5 Å². The molecule has 0 atom stereocenters. The maximum atomic E-state index is 11.0. The van der Waals surface area contributed by atoms with Crippen molar-refractivity contribution in [2.24, 2.45) is 5.84 Å². The molecular formula is C11H13N7O2. The molecular weight excluding hydrogens is 262 g/mol. The molecule has 0 aliphatic rings. The Kier molecular flexibility index (Phi) is 4.35. The average molecular weight is 275 g/mol. The quantitative estimate of drug-likeness (QED) is 0.399. The lowest BCUT2D eigenvalue weighted by Gasteiger charge is -2.07. The van der Waals surface area contributed by atoms with Gasteiger partial charge < -0.3 is 10.7 Å². The van der Waals surface area contributed by atoms with Gasteiger partial charge in [0.15, 0.2) is 0 Å². The van der Waals surface area contributed by atoms with Crippen molar-refractivity contribution in [3.8, 4) is 0 Å². The van der Waals surface area contributed by atoms with E-state index in [9.17, 15) is 10.1 Å². The second kappa shape index (κ2) is 6.38. The molecule has 0 aromatic carbocycles. The van der Waals surface area contributed by atoms with E-state index >= 15 is 0 Å². The molecule has 0 fully saturated rings. The summed E-state index contributed by atoms with van der Waals surface area (Å²) in [5.41, 5.74) is 2.93. The third-order valence-electron chi connectivity index (χ3n) is 2.57. The molecule has 20 heavy (non-hydrogen) atoms. The molecule has 2 aromatic heterocycles.